The van der Waals surface area contributed by atoms with Gasteiger partial charge in [-0.1, -0.05) is 41.9 Å². The van der Waals surface area contributed by atoms with Gasteiger partial charge in [0.1, 0.15) is 0 Å². The highest BCUT2D eigenvalue weighted by Crippen LogP contribution is 2.29. The van der Waals surface area contributed by atoms with Gasteiger partial charge in [0.15, 0.2) is 0 Å². The minimum atomic E-state index is 0.703. The predicted molar refractivity (Wildman–Crippen MR) is 94.5 cm³/mol. The standard InChI is InChI=1S/C19H12ClN3/c20-13-10-11-16-15(12-13)21-19-22(14-6-2-1-3-7-14)17-8-4-5-9-18(17)23(16)19/h1-12H. The molecular formula is C19H12ClN3. The Bertz CT molecular complexity index is 1170. The molecule has 0 aliphatic heterocycles. The van der Waals surface area contributed by atoms with Gasteiger partial charge in [0.25, 0.3) is 0 Å². The van der Waals surface area contributed by atoms with E-state index < -0.39 is 0 Å². The number of aromatic nitrogens is 3. The fourth-order valence-electron chi connectivity index (χ4n) is 3.21. The van der Waals surface area contributed by atoms with Crippen molar-refractivity contribution in [1.82, 2.24) is 14.0 Å². The third-order valence-corrected chi connectivity index (χ3v) is 4.41. The van der Waals surface area contributed by atoms with E-state index in [1.54, 1.807) is 0 Å². The Morgan fingerprint density at radius 1 is 0.739 bits per heavy atom. The number of fused-ring (bicyclic) bond motifs is 5. The van der Waals surface area contributed by atoms with Crippen LogP contribution in [0.25, 0.3) is 33.5 Å². The zero-order valence-corrected chi connectivity index (χ0v) is 12.9. The lowest BCUT2D eigenvalue weighted by Crippen LogP contribution is -1.94. The molecule has 2 heterocycles. The van der Waals surface area contributed by atoms with E-state index in [1.165, 1.54) is 0 Å². The van der Waals surface area contributed by atoms with Gasteiger partial charge in [0, 0.05) is 10.7 Å². The van der Waals surface area contributed by atoms with E-state index in [2.05, 4.69) is 45.4 Å². The molecule has 0 N–H and O–H groups in total. The quantitative estimate of drug-likeness (QED) is 0.422. The van der Waals surface area contributed by atoms with Gasteiger partial charge in [-0.3, -0.25) is 8.97 Å². The summed E-state index contributed by atoms with van der Waals surface area (Å²) in [6.45, 7) is 0. The molecule has 0 amide bonds. The Morgan fingerprint density at radius 3 is 2.30 bits per heavy atom. The van der Waals surface area contributed by atoms with Gasteiger partial charge in [0.05, 0.1) is 22.1 Å². The van der Waals surface area contributed by atoms with Gasteiger partial charge in [-0.25, -0.2) is 4.98 Å². The SMILES string of the molecule is Clc1ccc2c(c1)nc1n(-c3ccccc3)c3ccccc3n21. The van der Waals surface area contributed by atoms with Crippen LogP contribution in [-0.4, -0.2) is 14.0 Å². The van der Waals surface area contributed by atoms with Crippen molar-refractivity contribution < 1.29 is 0 Å². The van der Waals surface area contributed by atoms with Gasteiger partial charge >= 0.3 is 0 Å². The van der Waals surface area contributed by atoms with Crippen molar-refractivity contribution in [2.45, 2.75) is 0 Å². The molecule has 0 atom stereocenters. The first-order valence-corrected chi connectivity index (χ1v) is 7.83. The summed E-state index contributed by atoms with van der Waals surface area (Å²) in [5.41, 5.74) is 5.34. The zero-order chi connectivity index (χ0) is 15.4. The maximum atomic E-state index is 6.13. The number of imidazole rings is 2. The van der Waals surface area contributed by atoms with E-state index in [9.17, 15) is 0 Å². The Balaban J connectivity index is 2.04. The van der Waals surface area contributed by atoms with Crippen molar-refractivity contribution in [1.29, 1.82) is 0 Å². The lowest BCUT2D eigenvalue weighted by molar-refractivity contribution is 1.11. The molecule has 23 heavy (non-hydrogen) atoms. The number of rotatable bonds is 1. The van der Waals surface area contributed by atoms with Crippen LogP contribution in [-0.2, 0) is 0 Å². The average molecular weight is 318 g/mol. The molecule has 5 aromatic rings. The minimum absolute atomic E-state index is 0.703. The van der Waals surface area contributed by atoms with Gasteiger partial charge in [-0.15, -0.1) is 0 Å². The molecule has 0 saturated carbocycles. The van der Waals surface area contributed by atoms with Crippen LogP contribution in [0, 0.1) is 0 Å². The average Bonchev–Trinajstić information content (AvgIpc) is 3.09. The second-order valence-electron chi connectivity index (χ2n) is 5.54. The third-order valence-electron chi connectivity index (χ3n) is 4.18. The molecular weight excluding hydrogens is 306 g/mol. The van der Waals surface area contributed by atoms with Crippen molar-refractivity contribution in [3.05, 3.63) is 77.8 Å². The number of halogens is 1. The Kier molecular flexibility index (Phi) is 2.55. The summed E-state index contributed by atoms with van der Waals surface area (Å²) >= 11 is 6.13. The van der Waals surface area contributed by atoms with Gasteiger partial charge < -0.3 is 0 Å². The summed E-state index contributed by atoms with van der Waals surface area (Å²) in [5, 5.41) is 0.703. The molecule has 5 rings (SSSR count). The van der Waals surface area contributed by atoms with Crippen LogP contribution in [0.2, 0.25) is 5.02 Å². The fraction of sp³-hybridized carbons (Fsp3) is 0. The molecule has 0 unspecified atom stereocenters. The lowest BCUT2D eigenvalue weighted by Gasteiger charge is -2.04. The van der Waals surface area contributed by atoms with E-state index in [-0.39, 0.29) is 0 Å². The number of para-hydroxylation sites is 3. The summed E-state index contributed by atoms with van der Waals surface area (Å²) in [5.74, 6) is 0.898. The highest BCUT2D eigenvalue weighted by Gasteiger charge is 2.16. The normalized spacial score (nSPS) is 11.7. The first kappa shape index (κ1) is 12.7. The van der Waals surface area contributed by atoms with E-state index >= 15 is 0 Å². The minimum Gasteiger partial charge on any atom is -0.278 e. The molecule has 0 aliphatic carbocycles. The molecule has 3 aromatic carbocycles. The Morgan fingerprint density at radius 2 is 1.48 bits per heavy atom. The maximum absolute atomic E-state index is 6.13. The van der Waals surface area contributed by atoms with Crippen LogP contribution in [0.15, 0.2) is 72.8 Å². The summed E-state index contributed by atoms with van der Waals surface area (Å²) in [6.07, 6.45) is 0. The zero-order valence-electron chi connectivity index (χ0n) is 12.1. The molecule has 110 valence electrons. The van der Waals surface area contributed by atoms with Crippen molar-refractivity contribution >= 4 is 39.4 Å². The summed E-state index contributed by atoms with van der Waals surface area (Å²) in [7, 11) is 0. The maximum Gasteiger partial charge on any atom is 0.220 e. The van der Waals surface area contributed by atoms with E-state index in [0.29, 0.717) is 5.02 Å². The topological polar surface area (TPSA) is 22.2 Å². The Labute approximate surface area is 137 Å². The predicted octanol–water partition coefficient (Wildman–Crippen LogP) is 5.08. The van der Waals surface area contributed by atoms with E-state index in [4.69, 9.17) is 16.6 Å². The summed E-state index contributed by atoms with van der Waals surface area (Å²) in [4.78, 5) is 4.83. The number of hydrogen-bond donors (Lipinski definition) is 0. The first-order chi connectivity index (χ1) is 11.3. The third kappa shape index (κ3) is 1.74. The van der Waals surface area contributed by atoms with Crippen molar-refractivity contribution in [3.63, 3.8) is 0 Å². The van der Waals surface area contributed by atoms with Crippen molar-refractivity contribution in [2.75, 3.05) is 0 Å². The molecule has 4 heteroatoms. The molecule has 2 aromatic heterocycles. The summed E-state index contributed by atoms with van der Waals surface area (Å²) < 4.78 is 4.37. The van der Waals surface area contributed by atoms with Crippen LogP contribution in [0.4, 0.5) is 0 Å². The van der Waals surface area contributed by atoms with Crippen molar-refractivity contribution in [3.8, 4) is 5.69 Å². The van der Waals surface area contributed by atoms with E-state index in [0.717, 1.165) is 33.5 Å². The molecule has 0 aliphatic rings. The van der Waals surface area contributed by atoms with Crippen LogP contribution >= 0.6 is 11.6 Å². The molecule has 0 radical (unpaired) electrons. The largest absolute Gasteiger partial charge is 0.278 e. The summed E-state index contributed by atoms with van der Waals surface area (Å²) in [6, 6.07) is 24.5. The molecule has 3 nitrogen and oxygen atoms in total. The smallest absolute Gasteiger partial charge is 0.220 e. The molecule has 0 saturated heterocycles. The molecule has 0 fully saturated rings. The van der Waals surface area contributed by atoms with Crippen LogP contribution < -0.4 is 0 Å². The second kappa shape index (κ2) is 4.61. The number of benzene rings is 3. The van der Waals surface area contributed by atoms with Crippen LogP contribution in [0.5, 0.6) is 0 Å². The number of nitrogens with zero attached hydrogens (tertiary/aromatic N) is 3. The fourth-order valence-corrected chi connectivity index (χ4v) is 3.38. The van der Waals surface area contributed by atoms with Gasteiger partial charge in [-0.05, 0) is 42.5 Å². The second-order valence-corrected chi connectivity index (χ2v) is 5.98. The van der Waals surface area contributed by atoms with Crippen LogP contribution in [0.3, 0.4) is 0 Å². The van der Waals surface area contributed by atoms with Gasteiger partial charge in [0.2, 0.25) is 5.78 Å². The lowest BCUT2D eigenvalue weighted by atomic mass is 10.2. The highest BCUT2D eigenvalue weighted by molar-refractivity contribution is 6.31. The molecule has 0 spiro atoms. The number of hydrogen-bond acceptors (Lipinski definition) is 1. The first-order valence-electron chi connectivity index (χ1n) is 7.45. The Hall–Kier alpha value is -2.78. The molecule has 0 bridgehead atoms. The van der Waals surface area contributed by atoms with Crippen LogP contribution in [0.1, 0.15) is 0 Å². The van der Waals surface area contributed by atoms with Gasteiger partial charge in [-0.2, -0.15) is 0 Å². The van der Waals surface area contributed by atoms with E-state index in [1.807, 2.05) is 36.4 Å². The highest BCUT2D eigenvalue weighted by atomic mass is 35.5. The monoisotopic (exact) mass is 317 g/mol. The van der Waals surface area contributed by atoms with Crippen molar-refractivity contribution in [2.24, 2.45) is 0 Å².